The predicted octanol–water partition coefficient (Wildman–Crippen LogP) is 9.92. The molecular formula is C44H74NO11P. The lowest BCUT2D eigenvalue weighted by atomic mass is 10.1. The first-order valence-electron chi connectivity index (χ1n) is 21.1. The SMILES string of the molecule is CCCCC/C=C\C/C=C\C/C=C\C=C\[C@H](O)CCCC(=O)O[C@H](COC(=O)CCCCCCC/C=C\C/C=C\CCCCC)COP(=O)(O)OC[C@H](N)C(=O)O. The second-order valence-corrected chi connectivity index (χ2v) is 15.4. The van der Waals surface area contributed by atoms with Crippen molar-refractivity contribution < 1.29 is 52.6 Å². The number of carboxylic acids is 1. The van der Waals surface area contributed by atoms with E-state index in [2.05, 4.69) is 67.0 Å². The molecule has 0 aromatic rings. The number of carbonyl (C=O) groups excluding carboxylic acids is 2. The predicted molar refractivity (Wildman–Crippen MR) is 227 cm³/mol. The molecule has 57 heavy (non-hydrogen) atoms. The molecule has 0 bridgehead atoms. The van der Waals surface area contributed by atoms with Gasteiger partial charge in [0.25, 0.3) is 0 Å². The van der Waals surface area contributed by atoms with Crippen molar-refractivity contribution in [1.29, 1.82) is 0 Å². The summed E-state index contributed by atoms with van der Waals surface area (Å²) in [6.45, 7) is 2.51. The third-order valence-electron chi connectivity index (χ3n) is 8.53. The fraction of sp³-hybridized carbons (Fsp3) is 0.659. The average molecular weight is 824 g/mol. The number of aliphatic hydroxyl groups is 1. The average Bonchev–Trinajstić information content (AvgIpc) is 3.18. The summed E-state index contributed by atoms with van der Waals surface area (Å²) >= 11 is 0. The van der Waals surface area contributed by atoms with Crippen molar-refractivity contribution in [2.24, 2.45) is 5.73 Å². The van der Waals surface area contributed by atoms with Crippen LogP contribution in [0.2, 0.25) is 0 Å². The standard InChI is InChI=1S/C44H74NO11P/c1-3-5-7-9-11-13-15-17-18-20-22-24-26-28-30-34-42(47)53-36-40(37-54-57(51,52)55-38-41(45)44(49)50)56-43(48)35-31-33-39(46)32-29-27-25-23-21-19-16-14-12-10-8-6-4-2/h11-14,17-19,21,25,27,29,32,39-41,46H,3-10,15-16,20,22-24,26,28,30-31,33-38,45H2,1-2H3,(H,49,50)(H,51,52)/b13-11-,14-12-,18-17-,21-19-,27-25-,32-29+/t39-,40+,41-/m0/s1. The van der Waals surface area contributed by atoms with E-state index in [1.165, 1.54) is 38.5 Å². The third kappa shape index (κ3) is 38.2. The summed E-state index contributed by atoms with van der Waals surface area (Å²) in [7, 11) is -4.78. The van der Waals surface area contributed by atoms with E-state index in [9.17, 15) is 28.9 Å². The largest absolute Gasteiger partial charge is 0.480 e. The van der Waals surface area contributed by atoms with Gasteiger partial charge in [-0.3, -0.25) is 23.4 Å². The van der Waals surface area contributed by atoms with Crippen LogP contribution in [-0.4, -0.2) is 71.1 Å². The van der Waals surface area contributed by atoms with Crippen molar-refractivity contribution in [2.45, 2.75) is 167 Å². The number of aliphatic carboxylic acids is 1. The molecule has 0 radical (unpaired) electrons. The Morgan fingerprint density at radius 2 is 1.14 bits per heavy atom. The number of ether oxygens (including phenoxy) is 2. The van der Waals surface area contributed by atoms with Crippen molar-refractivity contribution in [3.8, 4) is 0 Å². The van der Waals surface area contributed by atoms with Crippen LogP contribution < -0.4 is 5.73 Å². The molecule has 0 saturated heterocycles. The van der Waals surface area contributed by atoms with Crippen LogP contribution in [0.1, 0.15) is 149 Å². The Bertz CT molecular complexity index is 1260. The highest BCUT2D eigenvalue weighted by Gasteiger charge is 2.28. The van der Waals surface area contributed by atoms with Crippen LogP contribution >= 0.6 is 7.82 Å². The number of nitrogens with two attached hydrogens (primary N) is 1. The van der Waals surface area contributed by atoms with Gasteiger partial charge in [-0.25, -0.2) is 4.57 Å². The monoisotopic (exact) mass is 823 g/mol. The van der Waals surface area contributed by atoms with E-state index >= 15 is 0 Å². The lowest BCUT2D eigenvalue weighted by molar-refractivity contribution is -0.161. The Labute approximate surface area is 343 Å². The van der Waals surface area contributed by atoms with Crippen LogP contribution in [0.25, 0.3) is 0 Å². The molecule has 0 aromatic heterocycles. The van der Waals surface area contributed by atoms with E-state index in [0.29, 0.717) is 6.42 Å². The van der Waals surface area contributed by atoms with E-state index in [-0.39, 0.29) is 25.7 Å². The van der Waals surface area contributed by atoms with Gasteiger partial charge in [0.05, 0.1) is 19.3 Å². The topological polar surface area (TPSA) is 192 Å². The zero-order chi connectivity index (χ0) is 42.2. The van der Waals surface area contributed by atoms with Gasteiger partial charge in [0.15, 0.2) is 6.10 Å². The maximum absolute atomic E-state index is 12.6. The maximum atomic E-state index is 12.6. The molecule has 0 amide bonds. The number of aliphatic hydroxyl groups excluding tert-OH is 1. The van der Waals surface area contributed by atoms with Crippen molar-refractivity contribution in [2.75, 3.05) is 19.8 Å². The first-order chi connectivity index (χ1) is 27.5. The number of esters is 2. The van der Waals surface area contributed by atoms with Gasteiger partial charge in [0.2, 0.25) is 0 Å². The molecule has 5 N–H and O–H groups in total. The number of carbonyl (C=O) groups is 3. The quantitative estimate of drug-likeness (QED) is 0.0152. The van der Waals surface area contributed by atoms with Gasteiger partial charge in [-0.15, -0.1) is 0 Å². The fourth-order valence-corrected chi connectivity index (χ4v) is 5.92. The van der Waals surface area contributed by atoms with Crippen molar-refractivity contribution in [3.63, 3.8) is 0 Å². The van der Waals surface area contributed by atoms with Crippen molar-refractivity contribution in [1.82, 2.24) is 0 Å². The van der Waals surface area contributed by atoms with E-state index in [0.717, 1.165) is 64.2 Å². The van der Waals surface area contributed by atoms with Crippen LogP contribution in [0.3, 0.4) is 0 Å². The molecule has 0 fully saturated rings. The van der Waals surface area contributed by atoms with Crippen LogP contribution in [-0.2, 0) is 37.5 Å². The molecule has 12 nitrogen and oxygen atoms in total. The van der Waals surface area contributed by atoms with E-state index in [1.54, 1.807) is 12.2 Å². The van der Waals surface area contributed by atoms with Crippen LogP contribution in [0.4, 0.5) is 0 Å². The molecule has 0 spiro atoms. The van der Waals surface area contributed by atoms with E-state index in [4.69, 9.17) is 24.8 Å². The molecule has 0 saturated carbocycles. The summed E-state index contributed by atoms with van der Waals surface area (Å²) in [5.74, 6) is -2.63. The Hall–Kier alpha value is -3.12. The Balaban J connectivity index is 4.63. The highest BCUT2D eigenvalue weighted by atomic mass is 31.2. The molecule has 4 atom stereocenters. The minimum Gasteiger partial charge on any atom is -0.480 e. The summed E-state index contributed by atoms with van der Waals surface area (Å²) in [6.07, 6.45) is 41.4. The zero-order valence-corrected chi connectivity index (χ0v) is 35.7. The molecule has 0 rings (SSSR count). The molecule has 13 heteroatoms. The Morgan fingerprint density at radius 3 is 1.74 bits per heavy atom. The number of rotatable bonds is 38. The van der Waals surface area contributed by atoms with Crippen LogP contribution in [0.15, 0.2) is 72.9 Å². The molecule has 0 aliphatic carbocycles. The summed E-state index contributed by atoms with van der Waals surface area (Å²) in [6, 6.07) is -1.56. The maximum Gasteiger partial charge on any atom is 0.472 e. The summed E-state index contributed by atoms with van der Waals surface area (Å²) < 4.78 is 32.5. The summed E-state index contributed by atoms with van der Waals surface area (Å²) in [5, 5.41) is 19.2. The van der Waals surface area contributed by atoms with Crippen LogP contribution in [0.5, 0.6) is 0 Å². The summed E-state index contributed by atoms with van der Waals surface area (Å²) in [4.78, 5) is 45.9. The van der Waals surface area contributed by atoms with Crippen LogP contribution in [0, 0.1) is 0 Å². The Morgan fingerprint density at radius 1 is 0.632 bits per heavy atom. The lowest BCUT2D eigenvalue weighted by Crippen LogP contribution is -2.34. The normalized spacial score (nSPS) is 15.0. The van der Waals surface area contributed by atoms with Crippen molar-refractivity contribution in [3.05, 3.63) is 72.9 Å². The minimum atomic E-state index is -4.78. The second-order valence-electron chi connectivity index (χ2n) is 14.0. The lowest BCUT2D eigenvalue weighted by Gasteiger charge is -2.20. The van der Waals surface area contributed by atoms with Gasteiger partial charge < -0.3 is 30.3 Å². The number of hydrogen-bond donors (Lipinski definition) is 4. The Kier molecular flexibility index (Phi) is 36.3. The molecular weight excluding hydrogens is 749 g/mol. The molecule has 0 aromatic carbocycles. The summed E-state index contributed by atoms with van der Waals surface area (Å²) in [5.41, 5.74) is 5.31. The minimum absolute atomic E-state index is 0.0737. The third-order valence-corrected chi connectivity index (χ3v) is 9.48. The van der Waals surface area contributed by atoms with Gasteiger partial charge in [0, 0.05) is 12.8 Å². The number of hydrogen-bond acceptors (Lipinski definition) is 10. The fourth-order valence-electron chi connectivity index (χ4n) is 5.14. The molecule has 0 heterocycles. The zero-order valence-electron chi connectivity index (χ0n) is 34.8. The number of phosphoric ester groups is 1. The molecule has 0 aliphatic rings. The first-order valence-corrected chi connectivity index (χ1v) is 22.6. The van der Waals surface area contributed by atoms with E-state index in [1.807, 2.05) is 12.2 Å². The number of allylic oxidation sites excluding steroid dienone is 11. The first kappa shape index (κ1) is 53.9. The number of unbranched alkanes of at least 4 members (excludes halogenated alkanes) is 11. The van der Waals surface area contributed by atoms with Gasteiger partial charge in [0.1, 0.15) is 12.6 Å². The van der Waals surface area contributed by atoms with Gasteiger partial charge in [-0.05, 0) is 77.0 Å². The molecule has 0 aliphatic heterocycles. The van der Waals surface area contributed by atoms with Crippen molar-refractivity contribution >= 4 is 25.7 Å². The highest BCUT2D eigenvalue weighted by Crippen LogP contribution is 2.43. The highest BCUT2D eigenvalue weighted by molar-refractivity contribution is 7.47. The number of carboxylic acid groups (broad SMARTS) is 1. The smallest absolute Gasteiger partial charge is 0.472 e. The van der Waals surface area contributed by atoms with Gasteiger partial charge >= 0.3 is 25.7 Å². The molecule has 326 valence electrons. The number of phosphoric acid groups is 1. The second kappa shape index (κ2) is 38.4. The van der Waals surface area contributed by atoms with Gasteiger partial charge in [-0.1, -0.05) is 132 Å². The van der Waals surface area contributed by atoms with E-state index < -0.39 is 63.8 Å². The van der Waals surface area contributed by atoms with Gasteiger partial charge in [-0.2, -0.15) is 0 Å². The molecule has 1 unspecified atom stereocenters.